The minimum atomic E-state index is -0.225. The van der Waals surface area contributed by atoms with E-state index in [-0.39, 0.29) is 11.5 Å². The average Bonchev–Trinajstić information content (AvgIpc) is 1.82. The highest BCUT2D eigenvalue weighted by molar-refractivity contribution is 6.39. The van der Waals surface area contributed by atoms with Crippen molar-refractivity contribution in [1.82, 2.24) is 0 Å². The third-order valence-electron chi connectivity index (χ3n) is 0.865. The minimum Gasteiger partial charge on any atom is -0.411 e. The van der Waals surface area contributed by atoms with Gasteiger partial charge in [-0.2, -0.15) is 0 Å². The van der Waals surface area contributed by atoms with E-state index in [0.717, 1.165) is 0 Å². The molecule has 0 spiro atoms. The molecule has 0 aliphatic carbocycles. The zero-order valence-corrected chi connectivity index (χ0v) is 5.29. The van der Waals surface area contributed by atoms with E-state index in [2.05, 4.69) is 11.7 Å². The molecular formula is C6H9NO2. The first-order valence-corrected chi connectivity index (χ1v) is 2.55. The summed E-state index contributed by atoms with van der Waals surface area (Å²) in [5.41, 5.74) is 0.144. The lowest BCUT2D eigenvalue weighted by molar-refractivity contribution is -0.111. The molecule has 0 aliphatic heterocycles. The van der Waals surface area contributed by atoms with E-state index in [1.165, 1.54) is 13.0 Å². The number of Topliss-reactive ketones (excluding diaryl/α,β-unsaturated/α-hetero) is 1. The second-order valence-electron chi connectivity index (χ2n) is 1.60. The molecule has 9 heavy (non-hydrogen) atoms. The second kappa shape index (κ2) is 3.83. The number of oxime groups is 1. The van der Waals surface area contributed by atoms with E-state index < -0.39 is 0 Å². The second-order valence-corrected chi connectivity index (χ2v) is 1.60. The van der Waals surface area contributed by atoms with Gasteiger partial charge in [-0.3, -0.25) is 4.79 Å². The predicted octanol–water partition coefficient (Wildman–Crippen LogP) is 0.982. The van der Waals surface area contributed by atoms with Crippen molar-refractivity contribution in [3.05, 3.63) is 12.7 Å². The van der Waals surface area contributed by atoms with Crippen molar-refractivity contribution in [2.45, 2.75) is 13.3 Å². The summed E-state index contributed by atoms with van der Waals surface area (Å²) in [4.78, 5) is 10.4. The monoisotopic (exact) mass is 127 g/mol. The molecule has 0 heterocycles. The number of carbonyl (C=O) groups excluding carboxylic acids is 1. The van der Waals surface area contributed by atoms with Crippen LogP contribution >= 0.6 is 0 Å². The van der Waals surface area contributed by atoms with Crippen LogP contribution in [-0.2, 0) is 4.79 Å². The van der Waals surface area contributed by atoms with Crippen LogP contribution in [0.25, 0.3) is 0 Å². The Labute approximate surface area is 53.7 Å². The van der Waals surface area contributed by atoms with E-state index >= 15 is 0 Å². The van der Waals surface area contributed by atoms with Crippen LogP contribution in [0, 0.1) is 0 Å². The largest absolute Gasteiger partial charge is 0.411 e. The molecule has 0 saturated carbocycles. The molecule has 3 nitrogen and oxygen atoms in total. The van der Waals surface area contributed by atoms with Crippen LogP contribution in [0.5, 0.6) is 0 Å². The first kappa shape index (κ1) is 7.88. The van der Waals surface area contributed by atoms with E-state index in [1.54, 1.807) is 0 Å². The van der Waals surface area contributed by atoms with Gasteiger partial charge in [-0.25, -0.2) is 0 Å². The Kier molecular flexibility index (Phi) is 3.35. The lowest BCUT2D eigenvalue weighted by atomic mass is 10.2. The molecule has 0 saturated heterocycles. The fourth-order valence-electron chi connectivity index (χ4n) is 0.392. The van der Waals surface area contributed by atoms with Crippen LogP contribution in [0.1, 0.15) is 13.3 Å². The molecule has 1 N–H and O–H groups in total. The van der Waals surface area contributed by atoms with Crippen LogP contribution in [0.15, 0.2) is 17.8 Å². The average molecular weight is 127 g/mol. The van der Waals surface area contributed by atoms with Crippen molar-refractivity contribution in [3.8, 4) is 0 Å². The molecule has 0 unspecified atom stereocenters. The maximum absolute atomic E-state index is 10.4. The molecule has 0 aromatic rings. The molecule has 0 aromatic carbocycles. The van der Waals surface area contributed by atoms with E-state index in [9.17, 15) is 4.79 Å². The smallest absolute Gasteiger partial charge is 0.177 e. The number of ketones is 1. The number of rotatable bonds is 3. The van der Waals surface area contributed by atoms with Gasteiger partial charge in [-0.05, 0) is 0 Å². The molecule has 0 aliphatic rings. The highest BCUT2D eigenvalue weighted by Gasteiger charge is 2.01. The molecule has 0 bridgehead atoms. The predicted molar refractivity (Wildman–Crippen MR) is 34.7 cm³/mol. The van der Waals surface area contributed by atoms with Crippen molar-refractivity contribution in [3.63, 3.8) is 0 Å². The van der Waals surface area contributed by atoms with Crippen LogP contribution in [0.2, 0.25) is 0 Å². The first-order valence-electron chi connectivity index (χ1n) is 2.55. The Bertz CT molecular complexity index is 149. The normalized spacial score (nSPS) is 11.0. The Balaban J connectivity index is 4.00. The van der Waals surface area contributed by atoms with Crippen LogP contribution in [0.3, 0.4) is 0 Å². The highest BCUT2D eigenvalue weighted by atomic mass is 16.4. The van der Waals surface area contributed by atoms with Crippen molar-refractivity contribution in [2.75, 3.05) is 0 Å². The third-order valence-corrected chi connectivity index (χ3v) is 0.865. The van der Waals surface area contributed by atoms with Gasteiger partial charge in [-0.1, -0.05) is 11.2 Å². The summed E-state index contributed by atoms with van der Waals surface area (Å²) >= 11 is 0. The Morgan fingerprint density at radius 2 is 2.44 bits per heavy atom. The van der Waals surface area contributed by atoms with Crippen molar-refractivity contribution >= 4 is 11.5 Å². The zero-order valence-electron chi connectivity index (χ0n) is 5.29. The number of hydrogen-bond acceptors (Lipinski definition) is 3. The Morgan fingerprint density at radius 3 is 2.56 bits per heavy atom. The molecule has 0 fully saturated rings. The molecule has 0 radical (unpaired) electrons. The fraction of sp³-hybridized carbons (Fsp3) is 0.333. The summed E-state index contributed by atoms with van der Waals surface area (Å²) in [6.45, 7) is 4.73. The van der Waals surface area contributed by atoms with E-state index in [1.807, 2.05) is 0 Å². The molecule has 50 valence electrons. The van der Waals surface area contributed by atoms with Crippen LogP contribution in [-0.4, -0.2) is 16.7 Å². The van der Waals surface area contributed by atoms with Crippen LogP contribution in [0.4, 0.5) is 0 Å². The lowest BCUT2D eigenvalue weighted by Gasteiger charge is -1.90. The number of allylic oxidation sites excluding steroid dienone is 1. The SMILES string of the molecule is C=CC/C(=N/O)C(C)=O. The van der Waals surface area contributed by atoms with E-state index in [0.29, 0.717) is 6.42 Å². The highest BCUT2D eigenvalue weighted by Crippen LogP contribution is 1.87. The molecule has 0 amide bonds. The van der Waals surface area contributed by atoms with Gasteiger partial charge in [0.25, 0.3) is 0 Å². The summed E-state index contributed by atoms with van der Waals surface area (Å²) in [5, 5.41) is 10.9. The van der Waals surface area contributed by atoms with Gasteiger partial charge in [0, 0.05) is 13.3 Å². The fourth-order valence-corrected chi connectivity index (χ4v) is 0.392. The van der Waals surface area contributed by atoms with Gasteiger partial charge >= 0.3 is 0 Å². The Hall–Kier alpha value is -1.12. The first-order chi connectivity index (χ1) is 4.22. The minimum absolute atomic E-state index is 0.144. The lowest BCUT2D eigenvalue weighted by Crippen LogP contribution is -2.07. The van der Waals surface area contributed by atoms with Crippen molar-refractivity contribution in [2.24, 2.45) is 5.16 Å². The van der Waals surface area contributed by atoms with Crippen LogP contribution < -0.4 is 0 Å². The molecular weight excluding hydrogens is 118 g/mol. The van der Waals surface area contributed by atoms with Crippen molar-refractivity contribution in [1.29, 1.82) is 0 Å². The summed E-state index contributed by atoms with van der Waals surface area (Å²) < 4.78 is 0. The summed E-state index contributed by atoms with van der Waals surface area (Å²) in [6.07, 6.45) is 1.84. The number of hydrogen-bond donors (Lipinski definition) is 1. The van der Waals surface area contributed by atoms with Gasteiger partial charge in [-0.15, -0.1) is 6.58 Å². The molecule has 0 atom stereocenters. The van der Waals surface area contributed by atoms with Gasteiger partial charge in [0.1, 0.15) is 5.71 Å². The summed E-state index contributed by atoms with van der Waals surface area (Å²) in [5.74, 6) is -0.225. The number of carbonyl (C=O) groups is 1. The van der Waals surface area contributed by atoms with Gasteiger partial charge in [0.2, 0.25) is 0 Å². The maximum Gasteiger partial charge on any atom is 0.177 e. The third kappa shape index (κ3) is 2.64. The molecule has 0 rings (SSSR count). The zero-order chi connectivity index (χ0) is 7.28. The van der Waals surface area contributed by atoms with Gasteiger partial charge < -0.3 is 5.21 Å². The van der Waals surface area contributed by atoms with E-state index in [4.69, 9.17) is 5.21 Å². The quantitative estimate of drug-likeness (QED) is 0.266. The summed E-state index contributed by atoms with van der Waals surface area (Å²) in [6, 6.07) is 0. The molecule has 0 aromatic heterocycles. The summed E-state index contributed by atoms with van der Waals surface area (Å²) in [7, 11) is 0. The topological polar surface area (TPSA) is 49.7 Å². The molecule has 3 heteroatoms. The standard InChI is InChI=1S/C6H9NO2/c1-3-4-6(7-9)5(2)8/h3,9H,1,4H2,2H3/b7-6-. The van der Waals surface area contributed by atoms with Crippen molar-refractivity contribution < 1.29 is 10.0 Å². The van der Waals surface area contributed by atoms with Gasteiger partial charge in [0.15, 0.2) is 5.78 Å². The maximum atomic E-state index is 10.4. The number of nitrogens with zero attached hydrogens (tertiary/aromatic N) is 1. The Morgan fingerprint density at radius 1 is 1.89 bits per heavy atom. The van der Waals surface area contributed by atoms with Gasteiger partial charge in [0.05, 0.1) is 0 Å².